The first kappa shape index (κ1) is 15.0. The van der Waals surface area contributed by atoms with Gasteiger partial charge in [-0.1, -0.05) is 0 Å². The Bertz CT molecular complexity index is 928. The van der Waals surface area contributed by atoms with E-state index in [0.29, 0.717) is 36.8 Å². The van der Waals surface area contributed by atoms with Gasteiger partial charge in [-0.15, -0.1) is 0 Å². The van der Waals surface area contributed by atoms with Crippen LogP contribution in [-0.4, -0.2) is 57.6 Å². The highest BCUT2D eigenvalue weighted by molar-refractivity contribution is 5.26. The molecule has 10 nitrogen and oxygen atoms in total. The van der Waals surface area contributed by atoms with E-state index in [2.05, 4.69) is 25.1 Å². The second-order valence-electron chi connectivity index (χ2n) is 5.80. The molecule has 0 saturated heterocycles. The number of aliphatic hydroxyl groups excluding tert-OH is 2. The van der Waals surface area contributed by atoms with E-state index in [1.807, 2.05) is 4.68 Å². The Labute approximate surface area is 136 Å². The van der Waals surface area contributed by atoms with Crippen molar-refractivity contribution in [2.75, 3.05) is 13.2 Å². The zero-order valence-corrected chi connectivity index (χ0v) is 12.8. The minimum atomic E-state index is -0.958. The molecule has 24 heavy (non-hydrogen) atoms. The summed E-state index contributed by atoms with van der Waals surface area (Å²) in [5.41, 5.74) is 1.91. The van der Waals surface area contributed by atoms with Crippen molar-refractivity contribution in [1.82, 2.24) is 34.3 Å². The number of rotatable bonds is 4. The quantitative estimate of drug-likeness (QED) is 0.540. The smallest absolute Gasteiger partial charge is 0.274 e. The molecule has 0 aromatic carbocycles. The molecule has 4 rings (SSSR count). The van der Waals surface area contributed by atoms with Crippen LogP contribution >= 0.6 is 0 Å². The highest BCUT2D eigenvalue weighted by Crippen LogP contribution is 2.19. The van der Waals surface area contributed by atoms with E-state index in [4.69, 9.17) is 5.11 Å². The second-order valence-corrected chi connectivity index (χ2v) is 5.80. The Hall–Kier alpha value is -2.56. The average Bonchev–Trinajstić information content (AvgIpc) is 3.20. The molecule has 1 aliphatic rings. The number of hydrogen-bond donors (Lipinski definition) is 3. The maximum absolute atomic E-state index is 12.0. The number of fused-ring (bicyclic) bond motifs is 2. The number of aliphatic hydroxyl groups is 2. The third-order valence-corrected chi connectivity index (χ3v) is 4.12. The highest BCUT2D eigenvalue weighted by atomic mass is 16.3. The first-order chi connectivity index (χ1) is 11.6. The molecule has 1 aliphatic heterocycles. The summed E-state index contributed by atoms with van der Waals surface area (Å²) in [6, 6.07) is 3.30. The van der Waals surface area contributed by atoms with Gasteiger partial charge in [0.2, 0.25) is 0 Å². The SMILES string of the molecule is O=c1cc(CN2CCn3nc([C@H](O)CO)cc3C2)nc2nc[nH]n12. The number of H-pyrrole nitrogens is 1. The van der Waals surface area contributed by atoms with Crippen LogP contribution in [-0.2, 0) is 19.6 Å². The highest BCUT2D eigenvalue weighted by Gasteiger charge is 2.21. The molecule has 10 heteroatoms. The van der Waals surface area contributed by atoms with Crippen molar-refractivity contribution in [3.05, 3.63) is 45.9 Å². The fraction of sp³-hybridized carbons (Fsp3) is 0.429. The van der Waals surface area contributed by atoms with Crippen molar-refractivity contribution in [3.63, 3.8) is 0 Å². The van der Waals surface area contributed by atoms with Crippen molar-refractivity contribution >= 4 is 5.78 Å². The molecule has 3 aromatic rings. The summed E-state index contributed by atoms with van der Waals surface area (Å²) in [5.74, 6) is 0.355. The van der Waals surface area contributed by atoms with Crippen LogP contribution in [0.3, 0.4) is 0 Å². The fourth-order valence-electron chi connectivity index (χ4n) is 2.91. The molecule has 0 unspecified atom stereocenters. The van der Waals surface area contributed by atoms with Gasteiger partial charge in [-0.05, 0) is 6.07 Å². The van der Waals surface area contributed by atoms with Gasteiger partial charge >= 0.3 is 0 Å². The van der Waals surface area contributed by atoms with Crippen LogP contribution < -0.4 is 5.56 Å². The van der Waals surface area contributed by atoms with E-state index >= 15 is 0 Å². The van der Waals surface area contributed by atoms with Gasteiger partial charge in [0.15, 0.2) is 0 Å². The topological polar surface area (TPSA) is 125 Å². The molecule has 4 heterocycles. The fourth-order valence-corrected chi connectivity index (χ4v) is 2.91. The summed E-state index contributed by atoms with van der Waals surface area (Å²) in [6.45, 7) is 2.24. The second kappa shape index (κ2) is 5.82. The number of nitrogens with one attached hydrogen (secondary N) is 1. The summed E-state index contributed by atoms with van der Waals surface area (Å²) < 4.78 is 3.13. The van der Waals surface area contributed by atoms with Gasteiger partial charge < -0.3 is 10.2 Å². The van der Waals surface area contributed by atoms with Crippen LogP contribution in [0.4, 0.5) is 0 Å². The van der Waals surface area contributed by atoms with Gasteiger partial charge in [0.1, 0.15) is 12.4 Å². The molecule has 0 aliphatic carbocycles. The normalized spacial score (nSPS) is 16.4. The van der Waals surface area contributed by atoms with Crippen molar-refractivity contribution in [2.45, 2.75) is 25.7 Å². The summed E-state index contributed by atoms with van der Waals surface area (Å²) in [5, 5.41) is 25.7. The van der Waals surface area contributed by atoms with Gasteiger partial charge in [0.25, 0.3) is 11.3 Å². The van der Waals surface area contributed by atoms with Gasteiger partial charge in [0.05, 0.1) is 30.2 Å². The van der Waals surface area contributed by atoms with Crippen LogP contribution in [0.5, 0.6) is 0 Å². The van der Waals surface area contributed by atoms with Crippen molar-refractivity contribution < 1.29 is 10.2 Å². The number of nitrogens with zero attached hydrogens (tertiary/aromatic N) is 6. The molecule has 0 saturated carbocycles. The van der Waals surface area contributed by atoms with Gasteiger partial charge in [0, 0.05) is 25.7 Å². The maximum Gasteiger partial charge on any atom is 0.274 e. The minimum absolute atomic E-state index is 0.192. The van der Waals surface area contributed by atoms with E-state index in [1.54, 1.807) is 6.07 Å². The summed E-state index contributed by atoms with van der Waals surface area (Å²) >= 11 is 0. The van der Waals surface area contributed by atoms with Crippen molar-refractivity contribution in [3.8, 4) is 0 Å². The lowest BCUT2D eigenvalue weighted by Crippen LogP contribution is -2.34. The molecule has 0 spiro atoms. The molecule has 3 aromatic heterocycles. The largest absolute Gasteiger partial charge is 0.393 e. The van der Waals surface area contributed by atoms with Gasteiger partial charge in [-0.3, -0.25) is 19.5 Å². The van der Waals surface area contributed by atoms with Crippen LogP contribution in [0.1, 0.15) is 23.2 Å². The predicted octanol–water partition coefficient (Wildman–Crippen LogP) is -1.34. The van der Waals surface area contributed by atoms with Crippen LogP contribution in [0.15, 0.2) is 23.3 Å². The number of hydrogen-bond acceptors (Lipinski definition) is 7. The van der Waals surface area contributed by atoms with Gasteiger partial charge in [-0.25, -0.2) is 9.97 Å². The third-order valence-electron chi connectivity index (χ3n) is 4.12. The summed E-state index contributed by atoms with van der Waals surface area (Å²) in [7, 11) is 0. The molecule has 0 radical (unpaired) electrons. The van der Waals surface area contributed by atoms with E-state index in [1.165, 1.54) is 16.9 Å². The first-order valence-corrected chi connectivity index (χ1v) is 7.64. The molecule has 0 amide bonds. The number of aromatic amines is 1. The zero-order chi connectivity index (χ0) is 16.7. The average molecular weight is 331 g/mol. The molecule has 0 fully saturated rings. The Balaban J connectivity index is 1.53. The van der Waals surface area contributed by atoms with E-state index in [9.17, 15) is 9.90 Å². The standard InChI is InChI=1S/C14H17N7O3/c22-7-12(23)11-4-10-6-19(1-2-20(10)18-11)5-9-3-13(24)21-14(17-9)15-8-16-21/h3-4,8,12,22-23H,1-2,5-7H2,(H,15,16,17)/t12-/m1/s1. The molecule has 0 bridgehead atoms. The van der Waals surface area contributed by atoms with E-state index < -0.39 is 6.10 Å². The van der Waals surface area contributed by atoms with E-state index in [0.717, 1.165) is 12.2 Å². The Kier molecular flexibility index (Phi) is 3.63. The predicted molar refractivity (Wildman–Crippen MR) is 82.0 cm³/mol. The van der Waals surface area contributed by atoms with Crippen LogP contribution in [0, 0.1) is 0 Å². The Morgan fingerprint density at radius 2 is 2.21 bits per heavy atom. The lowest BCUT2D eigenvalue weighted by molar-refractivity contribution is 0.0915. The molecule has 126 valence electrons. The molecular weight excluding hydrogens is 314 g/mol. The summed E-state index contributed by atoms with van der Waals surface area (Å²) in [6.07, 6.45) is 0.473. The molecular formula is C14H17N7O3. The Morgan fingerprint density at radius 1 is 1.33 bits per heavy atom. The monoisotopic (exact) mass is 331 g/mol. The zero-order valence-electron chi connectivity index (χ0n) is 12.8. The lowest BCUT2D eigenvalue weighted by atomic mass is 10.2. The van der Waals surface area contributed by atoms with Crippen molar-refractivity contribution in [2.24, 2.45) is 0 Å². The molecule has 3 N–H and O–H groups in total. The van der Waals surface area contributed by atoms with Crippen LogP contribution in [0.25, 0.3) is 5.78 Å². The third kappa shape index (κ3) is 2.60. The lowest BCUT2D eigenvalue weighted by Gasteiger charge is -2.26. The summed E-state index contributed by atoms with van der Waals surface area (Å²) in [4.78, 5) is 22.5. The van der Waals surface area contributed by atoms with Gasteiger partial charge in [-0.2, -0.15) is 9.61 Å². The minimum Gasteiger partial charge on any atom is -0.393 e. The van der Waals surface area contributed by atoms with Crippen molar-refractivity contribution in [1.29, 1.82) is 0 Å². The van der Waals surface area contributed by atoms with E-state index in [-0.39, 0.29) is 12.2 Å². The molecule has 1 atom stereocenters. The maximum atomic E-state index is 12.0. The number of aromatic nitrogens is 6. The first-order valence-electron chi connectivity index (χ1n) is 7.64. The van der Waals surface area contributed by atoms with Crippen LogP contribution in [0.2, 0.25) is 0 Å². The Morgan fingerprint density at radius 3 is 3.04 bits per heavy atom.